The SMILES string of the molecule is Nc1nc(CN2CCN(C(=O)c3ccccc3-n3cnnn3)CC2)nc2ccccc12. The second kappa shape index (κ2) is 8.07. The highest BCUT2D eigenvalue weighted by Crippen LogP contribution is 2.19. The summed E-state index contributed by atoms with van der Waals surface area (Å²) >= 11 is 0. The van der Waals surface area contributed by atoms with Crippen LogP contribution in [0.3, 0.4) is 0 Å². The maximum absolute atomic E-state index is 13.2. The molecule has 0 spiro atoms. The molecule has 10 heteroatoms. The molecule has 0 aliphatic carbocycles. The summed E-state index contributed by atoms with van der Waals surface area (Å²) in [7, 11) is 0. The van der Waals surface area contributed by atoms with E-state index in [4.69, 9.17) is 5.73 Å². The zero-order valence-corrected chi connectivity index (χ0v) is 16.8. The number of nitrogens with two attached hydrogens (primary N) is 1. The second-order valence-corrected chi connectivity index (χ2v) is 7.38. The van der Waals surface area contributed by atoms with Crippen LogP contribution in [0.1, 0.15) is 16.2 Å². The molecule has 31 heavy (non-hydrogen) atoms. The molecule has 0 unspecified atom stereocenters. The van der Waals surface area contributed by atoms with Crippen molar-refractivity contribution in [1.82, 2.24) is 40.0 Å². The van der Waals surface area contributed by atoms with E-state index in [1.807, 2.05) is 47.4 Å². The molecule has 10 nitrogen and oxygen atoms in total. The Hall–Kier alpha value is -3.92. The number of carbonyl (C=O) groups is 1. The second-order valence-electron chi connectivity index (χ2n) is 7.38. The molecule has 5 rings (SSSR count). The van der Waals surface area contributed by atoms with Gasteiger partial charge in [-0.25, -0.2) is 9.97 Å². The first-order chi connectivity index (χ1) is 15.2. The fraction of sp³-hybridized carbons (Fsp3) is 0.238. The number of para-hydroxylation sites is 2. The number of tetrazole rings is 1. The van der Waals surface area contributed by atoms with Crippen molar-refractivity contribution >= 4 is 22.6 Å². The van der Waals surface area contributed by atoms with Crippen molar-refractivity contribution in [1.29, 1.82) is 0 Å². The maximum Gasteiger partial charge on any atom is 0.256 e. The summed E-state index contributed by atoms with van der Waals surface area (Å²) in [6.45, 7) is 3.29. The highest BCUT2D eigenvalue weighted by molar-refractivity contribution is 5.97. The highest BCUT2D eigenvalue weighted by Gasteiger charge is 2.25. The average Bonchev–Trinajstić information content (AvgIpc) is 3.34. The molecule has 156 valence electrons. The van der Waals surface area contributed by atoms with Crippen molar-refractivity contribution in [3.8, 4) is 5.69 Å². The third-order valence-electron chi connectivity index (χ3n) is 5.43. The van der Waals surface area contributed by atoms with E-state index in [1.54, 1.807) is 6.07 Å². The molecule has 1 amide bonds. The number of hydrogen-bond donors (Lipinski definition) is 1. The van der Waals surface area contributed by atoms with Crippen LogP contribution in [0.2, 0.25) is 0 Å². The van der Waals surface area contributed by atoms with E-state index in [-0.39, 0.29) is 5.91 Å². The molecule has 0 radical (unpaired) electrons. The molecule has 3 heterocycles. The van der Waals surface area contributed by atoms with E-state index < -0.39 is 0 Å². The number of fused-ring (bicyclic) bond motifs is 1. The van der Waals surface area contributed by atoms with Crippen molar-refractivity contribution in [2.45, 2.75) is 6.54 Å². The smallest absolute Gasteiger partial charge is 0.256 e. The minimum absolute atomic E-state index is 0.0306. The molecule has 2 aromatic carbocycles. The van der Waals surface area contributed by atoms with Gasteiger partial charge in [-0.05, 0) is 34.7 Å². The third-order valence-corrected chi connectivity index (χ3v) is 5.43. The third kappa shape index (κ3) is 3.80. The first-order valence-electron chi connectivity index (χ1n) is 10.0. The lowest BCUT2D eigenvalue weighted by Gasteiger charge is -2.34. The lowest BCUT2D eigenvalue weighted by molar-refractivity contribution is 0.0625. The van der Waals surface area contributed by atoms with Gasteiger partial charge in [0.15, 0.2) is 0 Å². The van der Waals surface area contributed by atoms with Crippen LogP contribution < -0.4 is 5.73 Å². The summed E-state index contributed by atoms with van der Waals surface area (Å²) in [5.41, 5.74) is 8.19. The summed E-state index contributed by atoms with van der Waals surface area (Å²) in [5, 5.41) is 12.1. The number of piperazine rings is 1. The molecule has 0 saturated carbocycles. The first-order valence-corrected chi connectivity index (χ1v) is 10.0. The number of carbonyl (C=O) groups excluding carboxylic acids is 1. The molecular weight excluding hydrogens is 394 g/mol. The van der Waals surface area contributed by atoms with Gasteiger partial charge in [0.25, 0.3) is 5.91 Å². The summed E-state index contributed by atoms with van der Waals surface area (Å²) in [5.74, 6) is 1.16. The Balaban J connectivity index is 1.27. The number of anilines is 1. The Bertz CT molecular complexity index is 1220. The molecular formula is C21H21N9O. The standard InChI is InChI=1S/C21H21N9O/c22-20-15-5-1-3-7-17(15)24-19(25-20)13-28-9-11-29(12-10-28)21(31)16-6-2-4-8-18(16)30-14-23-26-27-30/h1-8,14H,9-13H2,(H2,22,24,25). The van der Waals surface area contributed by atoms with Crippen LogP contribution in [0.15, 0.2) is 54.9 Å². The molecule has 1 aliphatic rings. The maximum atomic E-state index is 13.2. The number of nitrogen functional groups attached to an aromatic ring is 1. The number of benzene rings is 2. The van der Waals surface area contributed by atoms with Crippen LogP contribution >= 0.6 is 0 Å². The van der Waals surface area contributed by atoms with Crippen molar-refractivity contribution in [3.05, 3.63) is 66.2 Å². The van der Waals surface area contributed by atoms with E-state index in [9.17, 15) is 4.79 Å². The van der Waals surface area contributed by atoms with Crippen LogP contribution in [0.5, 0.6) is 0 Å². The van der Waals surface area contributed by atoms with Crippen LogP contribution in [0.25, 0.3) is 16.6 Å². The largest absolute Gasteiger partial charge is 0.383 e. The zero-order chi connectivity index (χ0) is 21.2. The average molecular weight is 415 g/mol. The van der Waals surface area contributed by atoms with E-state index in [2.05, 4.69) is 30.4 Å². The Kier molecular flexibility index (Phi) is 4.97. The molecule has 1 fully saturated rings. The molecule has 1 saturated heterocycles. The minimum atomic E-state index is -0.0306. The molecule has 4 aromatic rings. The van der Waals surface area contributed by atoms with E-state index in [0.717, 1.165) is 24.0 Å². The van der Waals surface area contributed by atoms with Gasteiger partial charge in [-0.15, -0.1) is 5.10 Å². The predicted molar refractivity (Wildman–Crippen MR) is 114 cm³/mol. The van der Waals surface area contributed by atoms with Gasteiger partial charge in [-0.3, -0.25) is 9.69 Å². The van der Waals surface area contributed by atoms with Crippen LogP contribution in [-0.4, -0.2) is 72.1 Å². The molecule has 2 N–H and O–H groups in total. The lowest BCUT2D eigenvalue weighted by atomic mass is 10.1. The van der Waals surface area contributed by atoms with Gasteiger partial charge in [0.1, 0.15) is 18.0 Å². The normalized spacial score (nSPS) is 14.8. The topological polar surface area (TPSA) is 119 Å². The van der Waals surface area contributed by atoms with Gasteiger partial charge in [-0.1, -0.05) is 24.3 Å². The minimum Gasteiger partial charge on any atom is -0.383 e. The van der Waals surface area contributed by atoms with Crippen LogP contribution in [0, 0.1) is 0 Å². The van der Waals surface area contributed by atoms with Gasteiger partial charge in [-0.2, -0.15) is 4.68 Å². The first kappa shape index (κ1) is 19.1. The number of nitrogens with zero attached hydrogens (tertiary/aromatic N) is 8. The summed E-state index contributed by atoms with van der Waals surface area (Å²) in [4.78, 5) is 26.3. The fourth-order valence-electron chi connectivity index (χ4n) is 3.83. The predicted octanol–water partition coefficient (Wildman–Crippen LogP) is 1.15. The zero-order valence-electron chi connectivity index (χ0n) is 16.8. The number of hydrogen-bond acceptors (Lipinski definition) is 8. The van der Waals surface area contributed by atoms with E-state index in [0.29, 0.717) is 42.5 Å². The lowest BCUT2D eigenvalue weighted by Crippen LogP contribution is -2.48. The van der Waals surface area contributed by atoms with Crippen molar-refractivity contribution in [2.24, 2.45) is 0 Å². The summed E-state index contributed by atoms with van der Waals surface area (Å²) in [6.07, 6.45) is 1.49. The van der Waals surface area contributed by atoms with Crippen molar-refractivity contribution < 1.29 is 4.79 Å². The van der Waals surface area contributed by atoms with Gasteiger partial charge in [0.05, 0.1) is 23.3 Å². The summed E-state index contributed by atoms with van der Waals surface area (Å²) in [6, 6.07) is 15.1. The Labute approximate surface area is 178 Å². The van der Waals surface area contributed by atoms with Crippen LogP contribution in [-0.2, 0) is 6.54 Å². The Morgan fingerprint density at radius 2 is 1.74 bits per heavy atom. The molecule has 0 atom stereocenters. The molecule has 2 aromatic heterocycles. The van der Waals surface area contributed by atoms with Gasteiger partial charge in [0.2, 0.25) is 0 Å². The Morgan fingerprint density at radius 3 is 2.55 bits per heavy atom. The Morgan fingerprint density at radius 1 is 0.968 bits per heavy atom. The monoisotopic (exact) mass is 415 g/mol. The fourth-order valence-corrected chi connectivity index (χ4v) is 3.83. The molecule has 1 aliphatic heterocycles. The van der Waals surface area contributed by atoms with Gasteiger partial charge in [0, 0.05) is 31.6 Å². The quantitative estimate of drug-likeness (QED) is 0.527. The highest BCUT2D eigenvalue weighted by atomic mass is 16.2. The van der Waals surface area contributed by atoms with Gasteiger partial charge >= 0.3 is 0 Å². The molecule has 0 bridgehead atoms. The van der Waals surface area contributed by atoms with Crippen LogP contribution in [0.4, 0.5) is 5.82 Å². The van der Waals surface area contributed by atoms with Gasteiger partial charge < -0.3 is 10.6 Å². The van der Waals surface area contributed by atoms with Crippen molar-refractivity contribution in [3.63, 3.8) is 0 Å². The number of amides is 1. The number of rotatable bonds is 4. The number of aromatic nitrogens is 6. The van der Waals surface area contributed by atoms with Crippen molar-refractivity contribution in [2.75, 3.05) is 31.9 Å². The van der Waals surface area contributed by atoms with E-state index >= 15 is 0 Å². The summed E-state index contributed by atoms with van der Waals surface area (Å²) < 4.78 is 1.50. The van der Waals surface area contributed by atoms with E-state index in [1.165, 1.54) is 11.0 Å².